The van der Waals surface area contributed by atoms with Crippen molar-refractivity contribution in [1.82, 2.24) is 10.6 Å². The van der Waals surface area contributed by atoms with Gasteiger partial charge in [0.1, 0.15) is 0 Å². The zero-order chi connectivity index (χ0) is 7.98. The largest absolute Gasteiger partial charge is 0.351 e. The number of carbonyl (C=O) groups excluding carboxylic acids is 1. The molecule has 0 bridgehead atoms. The molecule has 0 rings (SSSR count). The molecule has 1 amide bonds. The van der Waals surface area contributed by atoms with Crippen LogP contribution in [0.15, 0.2) is 12.2 Å². The standard InChI is InChI=1S/C7H14N2O.2H2/c1-6(2)7(10)9-5-4-8-3;;/h8H,1,4-5H2,2-3H3,(H,9,10);2*1H. The highest BCUT2D eigenvalue weighted by molar-refractivity contribution is 5.92. The first-order chi connectivity index (χ1) is 4.68. The molecular weight excluding hydrogens is 128 g/mol. The highest BCUT2D eigenvalue weighted by Gasteiger charge is 1.97. The van der Waals surface area contributed by atoms with Crippen LogP contribution in [-0.2, 0) is 4.79 Å². The van der Waals surface area contributed by atoms with Gasteiger partial charge in [-0.25, -0.2) is 0 Å². The normalized spacial score (nSPS) is 9.00. The molecule has 0 aliphatic heterocycles. The summed E-state index contributed by atoms with van der Waals surface area (Å²) < 4.78 is 0. The van der Waals surface area contributed by atoms with E-state index in [0.717, 1.165) is 6.54 Å². The summed E-state index contributed by atoms with van der Waals surface area (Å²) in [5, 5.41) is 5.60. The third kappa shape index (κ3) is 4.09. The molecule has 0 spiro atoms. The van der Waals surface area contributed by atoms with Crippen LogP contribution in [0.2, 0.25) is 0 Å². The lowest BCUT2D eigenvalue weighted by atomic mass is 10.3. The van der Waals surface area contributed by atoms with E-state index in [4.69, 9.17) is 0 Å². The van der Waals surface area contributed by atoms with Gasteiger partial charge in [-0.1, -0.05) is 6.58 Å². The summed E-state index contributed by atoms with van der Waals surface area (Å²) in [7, 11) is 1.84. The molecule has 0 fully saturated rings. The number of hydrogen-bond acceptors (Lipinski definition) is 2. The van der Waals surface area contributed by atoms with Gasteiger partial charge in [0.05, 0.1) is 0 Å². The Labute approximate surface area is 64.5 Å². The highest BCUT2D eigenvalue weighted by atomic mass is 16.1. The van der Waals surface area contributed by atoms with Crippen LogP contribution in [0.4, 0.5) is 0 Å². The van der Waals surface area contributed by atoms with Crippen molar-refractivity contribution >= 4 is 5.91 Å². The van der Waals surface area contributed by atoms with Crippen LogP contribution in [0.25, 0.3) is 0 Å². The summed E-state index contributed by atoms with van der Waals surface area (Å²) in [5.41, 5.74) is 0.552. The van der Waals surface area contributed by atoms with E-state index in [0.29, 0.717) is 12.1 Å². The zero-order valence-corrected chi connectivity index (χ0v) is 6.53. The molecular formula is C7H18N2O. The Morgan fingerprint density at radius 2 is 2.20 bits per heavy atom. The molecule has 0 aromatic rings. The Bertz CT molecular complexity index is 139. The van der Waals surface area contributed by atoms with Gasteiger partial charge in [0.15, 0.2) is 0 Å². The molecule has 0 aromatic carbocycles. The maximum absolute atomic E-state index is 10.8. The molecule has 0 aliphatic carbocycles. The molecule has 0 saturated heterocycles. The summed E-state index contributed by atoms with van der Waals surface area (Å²) in [6.45, 7) is 6.64. The van der Waals surface area contributed by atoms with Crippen LogP contribution in [-0.4, -0.2) is 26.0 Å². The second-order valence-electron chi connectivity index (χ2n) is 2.14. The Kier molecular flexibility index (Phi) is 4.58. The molecule has 2 N–H and O–H groups in total. The number of rotatable bonds is 4. The molecule has 0 unspecified atom stereocenters. The molecule has 0 radical (unpaired) electrons. The monoisotopic (exact) mass is 146 g/mol. The minimum Gasteiger partial charge on any atom is -0.351 e. The van der Waals surface area contributed by atoms with E-state index >= 15 is 0 Å². The highest BCUT2D eigenvalue weighted by Crippen LogP contribution is 1.83. The van der Waals surface area contributed by atoms with E-state index < -0.39 is 0 Å². The minimum absolute atomic E-state index is 0. The number of carbonyl (C=O) groups is 1. The predicted molar refractivity (Wildman–Crippen MR) is 46.0 cm³/mol. The Morgan fingerprint density at radius 3 is 2.60 bits per heavy atom. The predicted octanol–water partition coefficient (Wildman–Crippen LogP) is 0.390. The van der Waals surface area contributed by atoms with Gasteiger partial charge in [-0.15, -0.1) is 0 Å². The lowest BCUT2D eigenvalue weighted by molar-refractivity contribution is -0.117. The van der Waals surface area contributed by atoms with Crippen molar-refractivity contribution in [2.24, 2.45) is 0 Å². The summed E-state index contributed by atoms with van der Waals surface area (Å²) >= 11 is 0. The number of likely N-dealkylation sites (N-methyl/N-ethyl adjacent to an activating group) is 1. The molecule has 0 saturated carbocycles. The summed E-state index contributed by atoms with van der Waals surface area (Å²) in [5.74, 6) is -0.0738. The first kappa shape index (κ1) is 9.17. The maximum Gasteiger partial charge on any atom is 0.246 e. The minimum atomic E-state index is -0.0738. The third-order valence-electron chi connectivity index (χ3n) is 1.05. The van der Waals surface area contributed by atoms with Gasteiger partial charge >= 0.3 is 0 Å². The zero-order valence-electron chi connectivity index (χ0n) is 6.53. The first-order valence-corrected chi connectivity index (χ1v) is 3.26. The molecule has 0 heterocycles. The van der Waals surface area contributed by atoms with E-state index in [9.17, 15) is 4.79 Å². The average Bonchev–Trinajstić information content (AvgIpc) is 1.88. The molecule has 0 aromatic heterocycles. The van der Waals surface area contributed by atoms with Crippen molar-refractivity contribution in [3.63, 3.8) is 0 Å². The molecule has 3 heteroatoms. The van der Waals surface area contributed by atoms with Crippen molar-refractivity contribution in [1.29, 1.82) is 0 Å². The van der Waals surface area contributed by atoms with E-state index in [1.54, 1.807) is 6.92 Å². The summed E-state index contributed by atoms with van der Waals surface area (Å²) in [6.07, 6.45) is 0. The number of hydrogen-bond donors (Lipinski definition) is 2. The average molecular weight is 146 g/mol. The van der Waals surface area contributed by atoms with Crippen molar-refractivity contribution in [2.75, 3.05) is 20.1 Å². The maximum atomic E-state index is 10.8. The second kappa shape index (κ2) is 4.99. The molecule has 0 atom stereocenters. The lowest BCUT2D eigenvalue weighted by Gasteiger charge is -2.02. The smallest absolute Gasteiger partial charge is 0.246 e. The third-order valence-corrected chi connectivity index (χ3v) is 1.05. The summed E-state index contributed by atoms with van der Waals surface area (Å²) in [4.78, 5) is 10.8. The van der Waals surface area contributed by atoms with Gasteiger partial charge in [0.2, 0.25) is 5.91 Å². The van der Waals surface area contributed by atoms with E-state index in [1.807, 2.05) is 7.05 Å². The van der Waals surface area contributed by atoms with Gasteiger partial charge in [0, 0.05) is 21.5 Å². The van der Waals surface area contributed by atoms with Gasteiger partial charge < -0.3 is 10.6 Å². The Hall–Kier alpha value is -0.830. The number of amides is 1. The van der Waals surface area contributed by atoms with Gasteiger partial charge in [-0.2, -0.15) is 0 Å². The van der Waals surface area contributed by atoms with Crippen LogP contribution < -0.4 is 10.6 Å². The molecule has 0 aliphatic rings. The van der Waals surface area contributed by atoms with E-state index in [1.165, 1.54) is 0 Å². The Balaban J connectivity index is -0.000000405. The van der Waals surface area contributed by atoms with Crippen LogP contribution in [0.5, 0.6) is 0 Å². The van der Waals surface area contributed by atoms with Crippen molar-refractivity contribution in [3.8, 4) is 0 Å². The molecule has 3 nitrogen and oxygen atoms in total. The van der Waals surface area contributed by atoms with Crippen molar-refractivity contribution in [3.05, 3.63) is 12.2 Å². The van der Waals surface area contributed by atoms with E-state index in [-0.39, 0.29) is 8.76 Å². The van der Waals surface area contributed by atoms with Gasteiger partial charge in [-0.05, 0) is 14.0 Å². The molecule has 62 valence electrons. The van der Waals surface area contributed by atoms with Crippen LogP contribution >= 0.6 is 0 Å². The van der Waals surface area contributed by atoms with E-state index in [2.05, 4.69) is 17.2 Å². The fraction of sp³-hybridized carbons (Fsp3) is 0.571. The van der Waals surface area contributed by atoms with Crippen molar-refractivity contribution < 1.29 is 7.65 Å². The fourth-order valence-corrected chi connectivity index (χ4v) is 0.452. The van der Waals surface area contributed by atoms with Crippen LogP contribution in [0.1, 0.15) is 9.78 Å². The SMILES string of the molecule is C=C(C)C(=O)NCCNC.[HH].[HH]. The molecule has 10 heavy (non-hydrogen) atoms. The quantitative estimate of drug-likeness (QED) is 0.445. The number of nitrogens with one attached hydrogen (secondary N) is 2. The Morgan fingerprint density at radius 1 is 1.60 bits per heavy atom. The van der Waals surface area contributed by atoms with Crippen LogP contribution in [0, 0.1) is 0 Å². The topological polar surface area (TPSA) is 41.1 Å². The summed E-state index contributed by atoms with van der Waals surface area (Å²) in [6, 6.07) is 0. The van der Waals surface area contributed by atoms with Gasteiger partial charge in [-0.3, -0.25) is 4.79 Å². The van der Waals surface area contributed by atoms with Crippen molar-refractivity contribution in [2.45, 2.75) is 6.92 Å². The van der Waals surface area contributed by atoms with Gasteiger partial charge in [0.25, 0.3) is 0 Å². The first-order valence-electron chi connectivity index (χ1n) is 3.26. The second-order valence-corrected chi connectivity index (χ2v) is 2.14. The van der Waals surface area contributed by atoms with Crippen LogP contribution in [0.3, 0.4) is 0 Å². The lowest BCUT2D eigenvalue weighted by Crippen LogP contribution is -2.30. The fourth-order valence-electron chi connectivity index (χ4n) is 0.452.